The molecule has 0 aromatic heterocycles. The number of rotatable bonds is 8. The van der Waals surface area contributed by atoms with E-state index in [0.717, 1.165) is 50.2 Å². The van der Waals surface area contributed by atoms with Gasteiger partial charge in [-0.05, 0) is 49.6 Å². The highest BCUT2D eigenvalue weighted by molar-refractivity contribution is 5.91. The quantitative estimate of drug-likeness (QED) is 0.666. The maximum absolute atomic E-state index is 12.5. The molecule has 1 heterocycles. The SMILES string of the molecule is CCCOc1ccc(/C=C/C(=O)N(C)C2CCN(CC)CC2)cc1OC. The maximum atomic E-state index is 12.5. The zero-order valence-electron chi connectivity index (χ0n) is 16.5. The van der Waals surface area contributed by atoms with Gasteiger partial charge in [-0.3, -0.25) is 4.79 Å². The van der Waals surface area contributed by atoms with Crippen LogP contribution in [-0.4, -0.2) is 62.1 Å². The molecule has 0 N–H and O–H groups in total. The number of amides is 1. The summed E-state index contributed by atoms with van der Waals surface area (Å²) in [5.41, 5.74) is 0.924. The minimum Gasteiger partial charge on any atom is -0.493 e. The van der Waals surface area contributed by atoms with Crippen LogP contribution in [0.3, 0.4) is 0 Å². The van der Waals surface area contributed by atoms with Crippen molar-refractivity contribution in [3.05, 3.63) is 29.8 Å². The second kappa shape index (κ2) is 10.2. The smallest absolute Gasteiger partial charge is 0.246 e. The Morgan fingerprint density at radius 1 is 1.27 bits per heavy atom. The first-order valence-corrected chi connectivity index (χ1v) is 9.57. The Bertz CT molecular complexity index is 607. The molecule has 1 fully saturated rings. The third-order valence-electron chi connectivity index (χ3n) is 4.97. The van der Waals surface area contributed by atoms with Crippen LogP contribution in [0, 0.1) is 0 Å². The molecule has 144 valence electrons. The van der Waals surface area contributed by atoms with Crippen LogP contribution >= 0.6 is 0 Å². The lowest BCUT2D eigenvalue weighted by molar-refractivity contribution is -0.127. The largest absolute Gasteiger partial charge is 0.493 e. The van der Waals surface area contributed by atoms with Gasteiger partial charge in [-0.2, -0.15) is 0 Å². The Labute approximate surface area is 157 Å². The molecule has 0 atom stereocenters. The Morgan fingerprint density at radius 2 is 2.00 bits per heavy atom. The van der Waals surface area contributed by atoms with Gasteiger partial charge in [0.15, 0.2) is 11.5 Å². The first kappa shape index (κ1) is 20.3. The fourth-order valence-corrected chi connectivity index (χ4v) is 3.21. The van der Waals surface area contributed by atoms with Crippen LogP contribution in [0.2, 0.25) is 0 Å². The molecule has 1 amide bonds. The minimum absolute atomic E-state index is 0.0465. The van der Waals surface area contributed by atoms with Gasteiger partial charge in [-0.15, -0.1) is 0 Å². The first-order chi connectivity index (χ1) is 12.6. The number of likely N-dealkylation sites (N-methyl/N-ethyl adjacent to an activating group) is 1. The van der Waals surface area contributed by atoms with Gasteiger partial charge < -0.3 is 19.3 Å². The molecule has 0 spiro atoms. The lowest BCUT2D eigenvalue weighted by atomic mass is 10.0. The number of ether oxygens (including phenoxy) is 2. The molecule has 5 nitrogen and oxygen atoms in total. The van der Waals surface area contributed by atoms with Gasteiger partial charge in [0.2, 0.25) is 5.91 Å². The molecule has 1 aliphatic heterocycles. The fourth-order valence-electron chi connectivity index (χ4n) is 3.21. The van der Waals surface area contributed by atoms with Crippen molar-refractivity contribution < 1.29 is 14.3 Å². The molecule has 1 aromatic rings. The molecule has 0 aliphatic carbocycles. The Balaban J connectivity index is 1.96. The summed E-state index contributed by atoms with van der Waals surface area (Å²) in [6.45, 7) is 8.14. The van der Waals surface area contributed by atoms with E-state index in [1.807, 2.05) is 36.2 Å². The highest BCUT2D eigenvalue weighted by Gasteiger charge is 2.23. The summed E-state index contributed by atoms with van der Waals surface area (Å²) in [6.07, 6.45) is 6.52. The van der Waals surface area contributed by atoms with E-state index in [1.54, 1.807) is 13.2 Å². The van der Waals surface area contributed by atoms with E-state index in [2.05, 4.69) is 18.7 Å². The first-order valence-electron chi connectivity index (χ1n) is 9.57. The van der Waals surface area contributed by atoms with Crippen LogP contribution in [0.15, 0.2) is 24.3 Å². The van der Waals surface area contributed by atoms with Crippen LogP contribution < -0.4 is 9.47 Å². The highest BCUT2D eigenvalue weighted by atomic mass is 16.5. The fraction of sp³-hybridized carbons (Fsp3) is 0.571. The number of carbonyl (C=O) groups excluding carboxylic acids is 1. The lowest BCUT2D eigenvalue weighted by Crippen LogP contribution is -2.45. The monoisotopic (exact) mass is 360 g/mol. The maximum Gasteiger partial charge on any atom is 0.246 e. The molecule has 1 aromatic carbocycles. The van der Waals surface area contributed by atoms with Crippen molar-refractivity contribution in [3.8, 4) is 11.5 Å². The second-order valence-electron chi connectivity index (χ2n) is 6.71. The molecular formula is C21H32N2O3. The summed E-state index contributed by atoms with van der Waals surface area (Å²) in [4.78, 5) is 16.8. The van der Waals surface area contributed by atoms with Crippen LogP contribution in [-0.2, 0) is 4.79 Å². The molecule has 0 unspecified atom stereocenters. The van der Waals surface area contributed by atoms with Crippen LogP contribution in [0.1, 0.15) is 38.7 Å². The topological polar surface area (TPSA) is 42.0 Å². The number of hydrogen-bond donors (Lipinski definition) is 0. The molecule has 2 rings (SSSR count). The Morgan fingerprint density at radius 3 is 2.62 bits per heavy atom. The van der Waals surface area contributed by atoms with Crippen LogP contribution in [0.25, 0.3) is 6.08 Å². The molecular weight excluding hydrogens is 328 g/mol. The van der Waals surface area contributed by atoms with Gasteiger partial charge in [0.05, 0.1) is 13.7 Å². The number of likely N-dealkylation sites (tertiary alicyclic amines) is 1. The summed E-state index contributed by atoms with van der Waals surface area (Å²) in [6, 6.07) is 6.06. The van der Waals surface area contributed by atoms with Crippen molar-refractivity contribution in [3.63, 3.8) is 0 Å². The third-order valence-corrected chi connectivity index (χ3v) is 4.97. The average Bonchev–Trinajstić information content (AvgIpc) is 2.70. The zero-order valence-corrected chi connectivity index (χ0v) is 16.5. The van der Waals surface area contributed by atoms with E-state index < -0.39 is 0 Å². The van der Waals surface area contributed by atoms with Crippen LogP contribution in [0.4, 0.5) is 0 Å². The normalized spacial score (nSPS) is 16.0. The number of hydrogen-bond acceptors (Lipinski definition) is 4. The predicted molar refractivity (Wildman–Crippen MR) is 106 cm³/mol. The molecule has 5 heteroatoms. The van der Waals surface area contributed by atoms with Crippen molar-refractivity contribution in [1.29, 1.82) is 0 Å². The number of nitrogens with zero attached hydrogens (tertiary/aromatic N) is 2. The molecule has 1 aliphatic rings. The third kappa shape index (κ3) is 5.49. The van der Waals surface area contributed by atoms with E-state index in [0.29, 0.717) is 18.4 Å². The van der Waals surface area contributed by atoms with Crippen molar-refractivity contribution in [2.24, 2.45) is 0 Å². The summed E-state index contributed by atoms with van der Waals surface area (Å²) >= 11 is 0. The predicted octanol–water partition coefficient (Wildman–Crippen LogP) is 3.44. The molecule has 0 saturated carbocycles. The van der Waals surface area contributed by atoms with E-state index in [-0.39, 0.29) is 5.91 Å². The van der Waals surface area contributed by atoms with E-state index in [4.69, 9.17) is 9.47 Å². The van der Waals surface area contributed by atoms with Gasteiger partial charge in [0.25, 0.3) is 0 Å². The minimum atomic E-state index is 0.0465. The standard InChI is InChI=1S/C21H32N2O3/c1-5-15-26-19-9-7-17(16-20(19)25-4)8-10-21(24)22(3)18-11-13-23(6-2)14-12-18/h7-10,16,18H,5-6,11-15H2,1-4H3/b10-8+. The van der Waals surface area contributed by atoms with Gasteiger partial charge in [0, 0.05) is 32.3 Å². The van der Waals surface area contributed by atoms with Crippen molar-refractivity contribution in [2.45, 2.75) is 39.2 Å². The average molecular weight is 360 g/mol. The zero-order chi connectivity index (χ0) is 18.9. The molecule has 0 bridgehead atoms. The van der Waals surface area contributed by atoms with Crippen molar-refractivity contribution >= 4 is 12.0 Å². The van der Waals surface area contributed by atoms with Gasteiger partial charge in [0.1, 0.15) is 0 Å². The molecule has 26 heavy (non-hydrogen) atoms. The number of methoxy groups -OCH3 is 1. The van der Waals surface area contributed by atoms with Crippen molar-refractivity contribution in [1.82, 2.24) is 9.80 Å². The molecule has 0 radical (unpaired) electrons. The second-order valence-corrected chi connectivity index (χ2v) is 6.71. The summed E-state index contributed by atoms with van der Waals surface area (Å²) in [5, 5.41) is 0. The van der Waals surface area contributed by atoms with Crippen molar-refractivity contribution in [2.75, 3.05) is 40.4 Å². The summed E-state index contributed by atoms with van der Waals surface area (Å²) < 4.78 is 11.1. The summed E-state index contributed by atoms with van der Waals surface area (Å²) in [7, 11) is 3.53. The number of benzene rings is 1. The van der Waals surface area contributed by atoms with E-state index in [1.165, 1.54) is 0 Å². The Hall–Kier alpha value is -2.01. The highest BCUT2D eigenvalue weighted by Crippen LogP contribution is 2.28. The van der Waals surface area contributed by atoms with E-state index in [9.17, 15) is 4.79 Å². The molecule has 1 saturated heterocycles. The number of carbonyl (C=O) groups is 1. The van der Waals surface area contributed by atoms with Crippen LogP contribution in [0.5, 0.6) is 11.5 Å². The Kier molecular flexibility index (Phi) is 7.98. The lowest BCUT2D eigenvalue weighted by Gasteiger charge is -2.35. The number of piperidine rings is 1. The van der Waals surface area contributed by atoms with Gasteiger partial charge >= 0.3 is 0 Å². The van der Waals surface area contributed by atoms with Gasteiger partial charge in [-0.1, -0.05) is 19.9 Å². The summed E-state index contributed by atoms with van der Waals surface area (Å²) in [5.74, 6) is 1.47. The van der Waals surface area contributed by atoms with Gasteiger partial charge in [-0.25, -0.2) is 0 Å². The van der Waals surface area contributed by atoms with E-state index >= 15 is 0 Å².